The van der Waals surface area contributed by atoms with E-state index >= 15 is 0 Å². The molecule has 0 unspecified atom stereocenters. The zero-order chi connectivity index (χ0) is 18.5. The van der Waals surface area contributed by atoms with E-state index in [-0.39, 0.29) is 13.1 Å². The molecule has 6 nitrogen and oxygen atoms in total. The molecular formula is C18H27NO5S. The second kappa shape index (κ2) is 6.32. The van der Waals surface area contributed by atoms with Crippen molar-refractivity contribution in [2.45, 2.75) is 62.2 Å². The van der Waals surface area contributed by atoms with Crippen LogP contribution < -0.4 is 0 Å². The van der Waals surface area contributed by atoms with Crippen molar-refractivity contribution in [3.05, 3.63) is 29.3 Å². The van der Waals surface area contributed by atoms with E-state index in [4.69, 9.17) is 4.74 Å². The third kappa shape index (κ3) is 3.24. The fraction of sp³-hybridized carbons (Fsp3) is 0.667. The third-order valence-electron chi connectivity index (χ3n) is 5.62. The third-order valence-corrected chi connectivity index (χ3v) is 7.66. The minimum atomic E-state index is -3.58. The lowest BCUT2D eigenvalue weighted by atomic mass is 9.75. The number of ether oxygens (including phenoxy) is 1. The fourth-order valence-electron chi connectivity index (χ4n) is 3.89. The van der Waals surface area contributed by atoms with Gasteiger partial charge in [-0.2, -0.15) is 4.31 Å². The molecule has 2 aliphatic rings. The number of aliphatic hydroxyl groups is 2. The Labute approximate surface area is 149 Å². The molecule has 0 aromatic heterocycles. The predicted molar refractivity (Wildman–Crippen MR) is 93.8 cm³/mol. The van der Waals surface area contributed by atoms with Crippen LogP contribution in [0.5, 0.6) is 0 Å². The summed E-state index contributed by atoms with van der Waals surface area (Å²) in [6.07, 6.45) is 0.0998. The molecule has 1 aromatic carbocycles. The minimum Gasteiger partial charge on any atom is -0.387 e. The molecule has 2 N–H and O–H groups in total. The van der Waals surface area contributed by atoms with Gasteiger partial charge in [-0.05, 0) is 50.8 Å². The maximum Gasteiger partial charge on any atom is 0.243 e. The molecule has 2 aliphatic heterocycles. The van der Waals surface area contributed by atoms with E-state index in [0.717, 1.165) is 11.1 Å². The van der Waals surface area contributed by atoms with Crippen LogP contribution in [-0.2, 0) is 14.8 Å². The molecule has 3 rings (SSSR count). The fourth-order valence-corrected chi connectivity index (χ4v) is 5.64. The van der Waals surface area contributed by atoms with Gasteiger partial charge in [0.2, 0.25) is 10.0 Å². The zero-order valence-electron chi connectivity index (χ0n) is 15.0. The number of rotatable bonds is 2. The molecule has 2 saturated heterocycles. The molecule has 0 radical (unpaired) electrons. The second-order valence-electron chi connectivity index (χ2n) is 7.60. The maximum atomic E-state index is 13.0. The van der Waals surface area contributed by atoms with Crippen molar-refractivity contribution in [2.75, 3.05) is 19.7 Å². The lowest BCUT2D eigenvalue weighted by Crippen LogP contribution is -2.64. The van der Waals surface area contributed by atoms with Crippen LogP contribution in [0.2, 0.25) is 0 Å². The molecule has 0 amide bonds. The van der Waals surface area contributed by atoms with E-state index in [1.54, 1.807) is 19.9 Å². The van der Waals surface area contributed by atoms with Crippen LogP contribution in [0.4, 0.5) is 0 Å². The Morgan fingerprint density at radius 3 is 2.48 bits per heavy atom. The Morgan fingerprint density at radius 1 is 1.20 bits per heavy atom. The van der Waals surface area contributed by atoms with Gasteiger partial charge in [0.05, 0.1) is 22.7 Å². The van der Waals surface area contributed by atoms with E-state index in [9.17, 15) is 18.6 Å². The highest BCUT2D eigenvalue weighted by Gasteiger charge is 2.53. The van der Waals surface area contributed by atoms with Gasteiger partial charge in [0.1, 0.15) is 6.10 Å². The maximum absolute atomic E-state index is 13.0. The minimum absolute atomic E-state index is 0.267. The lowest BCUT2D eigenvalue weighted by Gasteiger charge is -2.51. The van der Waals surface area contributed by atoms with Crippen molar-refractivity contribution in [3.8, 4) is 0 Å². The van der Waals surface area contributed by atoms with Crippen molar-refractivity contribution in [3.63, 3.8) is 0 Å². The highest BCUT2D eigenvalue weighted by atomic mass is 32.2. The molecule has 140 valence electrons. The normalized spacial score (nSPS) is 30.5. The summed E-state index contributed by atoms with van der Waals surface area (Å²) in [7, 11) is -3.58. The van der Waals surface area contributed by atoms with E-state index in [2.05, 4.69) is 0 Å². The summed E-state index contributed by atoms with van der Waals surface area (Å²) in [5.74, 6) is 0. The largest absolute Gasteiger partial charge is 0.387 e. The summed E-state index contributed by atoms with van der Waals surface area (Å²) in [5, 5.41) is 20.9. The number of aryl methyl sites for hydroxylation is 2. The predicted octanol–water partition coefficient (Wildman–Crippen LogP) is 1.36. The van der Waals surface area contributed by atoms with Crippen LogP contribution in [0.25, 0.3) is 0 Å². The van der Waals surface area contributed by atoms with Crippen LogP contribution in [0.15, 0.2) is 23.1 Å². The summed E-state index contributed by atoms with van der Waals surface area (Å²) in [6, 6.07) is 5.42. The second-order valence-corrected chi connectivity index (χ2v) is 9.50. The number of sulfonamides is 1. The topological polar surface area (TPSA) is 87.1 Å². The zero-order valence-corrected chi connectivity index (χ0v) is 15.8. The average Bonchev–Trinajstić information content (AvgIpc) is 2.55. The Balaban J connectivity index is 1.81. The monoisotopic (exact) mass is 369 g/mol. The molecule has 7 heteroatoms. The molecule has 1 spiro atoms. The van der Waals surface area contributed by atoms with Gasteiger partial charge in [-0.1, -0.05) is 12.1 Å². The van der Waals surface area contributed by atoms with Crippen molar-refractivity contribution in [1.29, 1.82) is 0 Å². The SMILES string of the molecule is Cc1ccc(C)c(S(=O)(=O)N2CCC3(CC2)OCC[C@@](C)(O)[C@@H]3O)c1. The first-order chi connectivity index (χ1) is 11.6. The van der Waals surface area contributed by atoms with Crippen LogP contribution >= 0.6 is 0 Å². The molecule has 0 aliphatic carbocycles. The summed E-state index contributed by atoms with van der Waals surface area (Å²) in [6.45, 7) is 6.18. The highest BCUT2D eigenvalue weighted by molar-refractivity contribution is 7.89. The van der Waals surface area contributed by atoms with Gasteiger partial charge in [0, 0.05) is 19.5 Å². The van der Waals surface area contributed by atoms with Gasteiger partial charge in [0.25, 0.3) is 0 Å². The Morgan fingerprint density at radius 2 is 1.84 bits per heavy atom. The van der Waals surface area contributed by atoms with Crippen molar-refractivity contribution < 1.29 is 23.4 Å². The molecule has 25 heavy (non-hydrogen) atoms. The summed E-state index contributed by atoms with van der Waals surface area (Å²) in [4.78, 5) is 0.334. The van der Waals surface area contributed by atoms with Gasteiger partial charge < -0.3 is 14.9 Å². The highest BCUT2D eigenvalue weighted by Crippen LogP contribution is 2.40. The van der Waals surface area contributed by atoms with E-state index in [1.165, 1.54) is 4.31 Å². The van der Waals surface area contributed by atoms with Gasteiger partial charge in [-0.3, -0.25) is 0 Å². The van der Waals surface area contributed by atoms with Gasteiger partial charge in [-0.25, -0.2) is 8.42 Å². The first-order valence-electron chi connectivity index (χ1n) is 8.70. The van der Waals surface area contributed by atoms with Crippen molar-refractivity contribution in [2.24, 2.45) is 0 Å². The number of nitrogens with zero attached hydrogens (tertiary/aromatic N) is 1. The number of hydrogen-bond donors (Lipinski definition) is 2. The van der Waals surface area contributed by atoms with Crippen LogP contribution in [0, 0.1) is 13.8 Å². The van der Waals surface area contributed by atoms with E-state index in [0.29, 0.717) is 30.8 Å². The number of hydrogen-bond acceptors (Lipinski definition) is 5. The van der Waals surface area contributed by atoms with E-state index < -0.39 is 27.3 Å². The van der Waals surface area contributed by atoms with Gasteiger partial charge >= 0.3 is 0 Å². The first kappa shape index (κ1) is 18.8. The smallest absolute Gasteiger partial charge is 0.243 e. The van der Waals surface area contributed by atoms with Crippen LogP contribution in [0.1, 0.15) is 37.3 Å². The molecule has 1 aromatic rings. The van der Waals surface area contributed by atoms with Gasteiger partial charge in [-0.15, -0.1) is 0 Å². The molecule has 2 fully saturated rings. The summed E-state index contributed by atoms with van der Waals surface area (Å²) >= 11 is 0. The molecular weight excluding hydrogens is 342 g/mol. The van der Waals surface area contributed by atoms with Crippen molar-refractivity contribution >= 4 is 10.0 Å². The Hall–Kier alpha value is -0.990. The number of piperidine rings is 1. The van der Waals surface area contributed by atoms with Crippen LogP contribution in [-0.4, -0.2) is 59.9 Å². The Kier molecular flexibility index (Phi) is 4.75. The summed E-state index contributed by atoms with van der Waals surface area (Å²) < 4.78 is 33.3. The Bertz CT molecular complexity index is 751. The average molecular weight is 369 g/mol. The molecule has 2 heterocycles. The first-order valence-corrected chi connectivity index (χ1v) is 10.1. The quantitative estimate of drug-likeness (QED) is 0.822. The van der Waals surface area contributed by atoms with Crippen LogP contribution in [0.3, 0.4) is 0 Å². The molecule has 2 atom stereocenters. The molecule has 0 bridgehead atoms. The lowest BCUT2D eigenvalue weighted by molar-refractivity contribution is -0.243. The van der Waals surface area contributed by atoms with E-state index in [1.807, 2.05) is 19.1 Å². The van der Waals surface area contributed by atoms with Gasteiger partial charge in [0.15, 0.2) is 0 Å². The molecule has 0 saturated carbocycles. The van der Waals surface area contributed by atoms with Crippen molar-refractivity contribution in [1.82, 2.24) is 4.31 Å². The summed E-state index contributed by atoms with van der Waals surface area (Å²) in [5.41, 5.74) is -0.440. The number of benzene rings is 1. The number of aliphatic hydroxyl groups excluding tert-OH is 1. The standard InChI is InChI=1S/C18H27NO5S/c1-13-4-5-14(2)15(12-13)25(22,23)19-9-6-18(7-10-19)16(20)17(3,21)8-11-24-18/h4-5,12,16,20-21H,6-11H2,1-3H3/t16-,17+/m0/s1.